The van der Waals surface area contributed by atoms with Gasteiger partial charge in [-0.15, -0.1) is 5.10 Å². The van der Waals surface area contributed by atoms with Gasteiger partial charge >= 0.3 is 0 Å². The predicted octanol–water partition coefficient (Wildman–Crippen LogP) is 2.61. The van der Waals surface area contributed by atoms with E-state index in [-0.39, 0.29) is 17.3 Å². The Morgan fingerprint density at radius 3 is 2.42 bits per heavy atom. The van der Waals surface area contributed by atoms with E-state index in [0.29, 0.717) is 5.69 Å². The lowest BCUT2D eigenvalue weighted by Crippen LogP contribution is -2.19. The van der Waals surface area contributed by atoms with Gasteiger partial charge in [0.2, 0.25) is 11.6 Å². The molecule has 2 heterocycles. The van der Waals surface area contributed by atoms with Gasteiger partial charge in [-0.3, -0.25) is 4.79 Å². The first-order chi connectivity index (χ1) is 15.1. The molecule has 10 heteroatoms. The van der Waals surface area contributed by atoms with Crippen molar-refractivity contribution < 1.29 is 9.42 Å². The molecule has 0 unspecified atom stereocenters. The van der Waals surface area contributed by atoms with E-state index in [1.165, 1.54) is 4.68 Å². The Bertz CT molecular complexity index is 1410. The van der Waals surface area contributed by atoms with Gasteiger partial charge in [-0.05, 0) is 44.8 Å². The van der Waals surface area contributed by atoms with Crippen LogP contribution in [0.1, 0.15) is 21.7 Å². The molecule has 3 N–H and O–H groups in total. The Morgan fingerprint density at radius 1 is 1.10 bits per heavy atom. The van der Waals surface area contributed by atoms with E-state index in [1.54, 1.807) is 13.1 Å². The van der Waals surface area contributed by atoms with Crippen molar-refractivity contribution in [3.8, 4) is 5.82 Å². The summed E-state index contributed by atoms with van der Waals surface area (Å²) < 4.78 is 5.85. The summed E-state index contributed by atoms with van der Waals surface area (Å²) in [4.78, 5) is 12.6. The molecule has 0 aliphatic carbocycles. The maximum absolute atomic E-state index is 12.6. The number of anilines is 1. The summed E-state index contributed by atoms with van der Waals surface area (Å²) in [5.74, 6) is -0.310. The van der Waals surface area contributed by atoms with Gasteiger partial charge in [0.05, 0.1) is 11.9 Å². The average molecular weight is 412 g/mol. The molecule has 5 rings (SSSR count). The van der Waals surface area contributed by atoms with Crippen LogP contribution in [0.5, 0.6) is 0 Å². The Morgan fingerprint density at radius 2 is 1.77 bits per heavy atom. The number of amides is 1. The zero-order valence-corrected chi connectivity index (χ0v) is 16.4. The number of nitrogen functional groups attached to an aromatic ring is 1. The van der Waals surface area contributed by atoms with Crippen molar-refractivity contribution >= 4 is 39.5 Å². The predicted molar refractivity (Wildman–Crippen MR) is 115 cm³/mol. The Kier molecular flexibility index (Phi) is 4.36. The van der Waals surface area contributed by atoms with E-state index in [2.05, 4.69) is 41.8 Å². The molecule has 0 aliphatic rings. The highest BCUT2D eigenvalue weighted by Gasteiger charge is 2.20. The minimum Gasteiger partial charge on any atom is -0.378 e. The summed E-state index contributed by atoms with van der Waals surface area (Å²) in [6.45, 7) is 1.66. The second-order valence-corrected chi connectivity index (χ2v) is 6.84. The van der Waals surface area contributed by atoms with Crippen molar-refractivity contribution in [3.05, 3.63) is 71.5 Å². The molecule has 0 saturated heterocycles. The summed E-state index contributed by atoms with van der Waals surface area (Å²) in [5, 5.41) is 23.4. The number of hydrazone groups is 1. The van der Waals surface area contributed by atoms with Crippen LogP contribution in [0.25, 0.3) is 27.4 Å². The molecule has 0 fully saturated rings. The average Bonchev–Trinajstić information content (AvgIpc) is 3.38. The van der Waals surface area contributed by atoms with Gasteiger partial charge in [-0.1, -0.05) is 53.7 Å². The fraction of sp³-hybridized carbons (Fsp3) is 0.0476. The van der Waals surface area contributed by atoms with E-state index in [0.717, 1.165) is 27.1 Å². The van der Waals surface area contributed by atoms with Gasteiger partial charge in [0.25, 0.3) is 5.91 Å². The molecule has 31 heavy (non-hydrogen) atoms. The zero-order valence-electron chi connectivity index (χ0n) is 16.4. The summed E-state index contributed by atoms with van der Waals surface area (Å²) in [6.07, 6.45) is 1.64. The number of nitrogens with one attached hydrogen (secondary N) is 1. The van der Waals surface area contributed by atoms with Crippen LogP contribution in [0.4, 0.5) is 5.82 Å². The first-order valence-electron chi connectivity index (χ1n) is 9.38. The SMILES string of the molecule is Cc1c(C(=O)N/N=C/c2c3ccccc3cc3ccccc23)nnn1-c1nonc1N. The molecule has 0 saturated carbocycles. The van der Waals surface area contributed by atoms with Crippen molar-refractivity contribution in [3.63, 3.8) is 0 Å². The number of hydrogen-bond acceptors (Lipinski definition) is 8. The number of carbonyl (C=O) groups excluding carboxylic acids is 1. The van der Waals surface area contributed by atoms with Gasteiger partial charge in [0.15, 0.2) is 5.69 Å². The molecule has 10 nitrogen and oxygen atoms in total. The lowest BCUT2D eigenvalue weighted by Gasteiger charge is -2.07. The third-order valence-electron chi connectivity index (χ3n) is 4.98. The van der Waals surface area contributed by atoms with Crippen LogP contribution in [0.3, 0.4) is 0 Å². The lowest BCUT2D eigenvalue weighted by atomic mass is 9.97. The van der Waals surface area contributed by atoms with Crippen molar-refractivity contribution in [2.75, 3.05) is 5.73 Å². The summed E-state index contributed by atoms with van der Waals surface area (Å²) in [5.41, 5.74) is 9.62. The highest BCUT2D eigenvalue weighted by atomic mass is 16.6. The number of nitrogens with two attached hydrogens (primary N) is 1. The standard InChI is InChI=1S/C21H16N8O2/c1-12-18(24-28-29(12)20-19(22)26-31-27-20)21(30)25-23-11-17-15-8-4-2-6-13(15)10-14-7-3-5-9-16(14)17/h2-11H,1H3,(H2,22,26)(H,25,30)/b23-11+. The maximum Gasteiger partial charge on any atom is 0.293 e. The number of carbonyl (C=O) groups is 1. The number of nitrogens with zero attached hydrogens (tertiary/aromatic N) is 6. The summed E-state index contributed by atoms with van der Waals surface area (Å²) in [7, 11) is 0. The molecule has 0 radical (unpaired) electrons. The molecule has 0 spiro atoms. The van der Waals surface area contributed by atoms with Crippen LogP contribution in [-0.2, 0) is 0 Å². The van der Waals surface area contributed by atoms with Crippen LogP contribution < -0.4 is 11.2 Å². The molecular formula is C21H16N8O2. The molecule has 152 valence electrons. The van der Waals surface area contributed by atoms with E-state index < -0.39 is 5.91 Å². The Balaban J connectivity index is 1.46. The summed E-state index contributed by atoms with van der Waals surface area (Å²) in [6, 6.07) is 18.2. The zero-order chi connectivity index (χ0) is 21.4. The molecule has 1 amide bonds. The van der Waals surface area contributed by atoms with Gasteiger partial charge < -0.3 is 5.73 Å². The quantitative estimate of drug-likeness (QED) is 0.263. The molecule has 2 aromatic heterocycles. The Labute approximate surface area is 175 Å². The lowest BCUT2D eigenvalue weighted by molar-refractivity contribution is 0.0949. The highest BCUT2D eigenvalue weighted by molar-refractivity contribution is 6.13. The third-order valence-corrected chi connectivity index (χ3v) is 4.98. The van der Waals surface area contributed by atoms with Crippen molar-refractivity contribution in [2.45, 2.75) is 6.92 Å². The maximum atomic E-state index is 12.6. The number of aromatic nitrogens is 5. The van der Waals surface area contributed by atoms with Crippen molar-refractivity contribution in [1.29, 1.82) is 0 Å². The first kappa shape index (κ1) is 18.4. The van der Waals surface area contributed by atoms with E-state index >= 15 is 0 Å². The van der Waals surface area contributed by atoms with E-state index in [4.69, 9.17) is 5.73 Å². The first-order valence-corrected chi connectivity index (χ1v) is 9.38. The molecule has 0 atom stereocenters. The molecule has 3 aromatic carbocycles. The van der Waals surface area contributed by atoms with E-state index in [9.17, 15) is 4.79 Å². The van der Waals surface area contributed by atoms with Crippen LogP contribution in [0.2, 0.25) is 0 Å². The van der Waals surface area contributed by atoms with Crippen LogP contribution in [-0.4, -0.2) is 37.4 Å². The molecular weight excluding hydrogens is 396 g/mol. The fourth-order valence-corrected chi connectivity index (χ4v) is 3.47. The Hall–Kier alpha value is -4.60. The number of fused-ring (bicyclic) bond motifs is 2. The largest absolute Gasteiger partial charge is 0.378 e. The second-order valence-electron chi connectivity index (χ2n) is 6.84. The van der Waals surface area contributed by atoms with Crippen molar-refractivity contribution in [2.24, 2.45) is 5.10 Å². The van der Waals surface area contributed by atoms with Crippen LogP contribution in [0.15, 0.2) is 64.3 Å². The van der Waals surface area contributed by atoms with Crippen LogP contribution >= 0.6 is 0 Å². The number of rotatable bonds is 4. The second kappa shape index (κ2) is 7.34. The van der Waals surface area contributed by atoms with Gasteiger partial charge in [-0.2, -0.15) is 9.78 Å². The van der Waals surface area contributed by atoms with Gasteiger partial charge in [0, 0.05) is 5.56 Å². The van der Waals surface area contributed by atoms with Gasteiger partial charge in [0.1, 0.15) is 0 Å². The molecule has 5 aromatic rings. The minimum atomic E-state index is -0.514. The van der Waals surface area contributed by atoms with E-state index in [1.807, 2.05) is 48.5 Å². The number of benzene rings is 3. The van der Waals surface area contributed by atoms with Gasteiger partial charge in [-0.25, -0.2) is 10.1 Å². The monoisotopic (exact) mass is 412 g/mol. The molecule has 0 aliphatic heterocycles. The normalized spacial score (nSPS) is 11.5. The fourth-order valence-electron chi connectivity index (χ4n) is 3.47. The van der Waals surface area contributed by atoms with Crippen LogP contribution in [0, 0.1) is 6.92 Å². The summed E-state index contributed by atoms with van der Waals surface area (Å²) >= 11 is 0. The third kappa shape index (κ3) is 3.15. The topological polar surface area (TPSA) is 137 Å². The van der Waals surface area contributed by atoms with Crippen molar-refractivity contribution in [1.82, 2.24) is 30.7 Å². The highest BCUT2D eigenvalue weighted by Crippen LogP contribution is 2.27. The smallest absolute Gasteiger partial charge is 0.293 e. The minimum absolute atomic E-state index is 0.0424. The molecule has 0 bridgehead atoms. The number of hydrogen-bond donors (Lipinski definition) is 2.